The molecule has 2 rings (SSSR count). The van der Waals surface area contributed by atoms with Crippen LogP contribution in [0.2, 0.25) is 0 Å². The Bertz CT molecular complexity index is 605. The number of carbonyl (C=O) groups is 1. The lowest BCUT2D eigenvalue weighted by Gasteiger charge is -2.00. The second-order valence-electron chi connectivity index (χ2n) is 3.01. The highest BCUT2D eigenvalue weighted by Crippen LogP contribution is 2.26. The Kier molecular flexibility index (Phi) is 2.16. The second kappa shape index (κ2) is 3.30. The molecule has 0 aliphatic rings. The molecule has 2 aromatic heterocycles. The summed E-state index contributed by atoms with van der Waals surface area (Å²) in [4.78, 5) is 17.2. The van der Waals surface area contributed by atoms with Crippen LogP contribution in [0, 0.1) is 0 Å². The number of hydrogen-bond acceptors (Lipinski definition) is 5. The van der Waals surface area contributed by atoms with Crippen LogP contribution in [-0.2, 0) is 6.18 Å². The number of rotatable bonds is 1. The van der Waals surface area contributed by atoms with E-state index >= 15 is 0 Å². The van der Waals surface area contributed by atoms with Crippen molar-refractivity contribution in [3.05, 3.63) is 17.6 Å². The number of nitrogens with two attached hydrogens (primary N) is 1. The Morgan fingerprint density at radius 1 is 1.47 bits per heavy atom. The summed E-state index contributed by atoms with van der Waals surface area (Å²) in [7, 11) is 0. The summed E-state index contributed by atoms with van der Waals surface area (Å²) < 4.78 is 37.4. The summed E-state index contributed by atoms with van der Waals surface area (Å²) in [5, 5.41) is 11.7. The fourth-order valence-corrected chi connectivity index (χ4v) is 1.14. The number of halogens is 3. The van der Waals surface area contributed by atoms with Gasteiger partial charge in [0.2, 0.25) is 0 Å². The van der Waals surface area contributed by atoms with E-state index in [1.807, 2.05) is 0 Å². The van der Waals surface area contributed by atoms with Crippen molar-refractivity contribution in [3.8, 4) is 0 Å². The van der Waals surface area contributed by atoms with Gasteiger partial charge in [0.25, 0.3) is 11.6 Å². The molecule has 7 nitrogen and oxygen atoms in total. The van der Waals surface area contributed by atoms with E-state index < -0.39 is 35.1 Å². The van der Waals surface area contributed by atoms with Gasteiger partial charge in [0.05, 0.1) is 0 Å². The molecule has 0 aromatic carbocycles. The molecule has 0 radical (unpaired) electrons. The van der Waals surface area contributed by atoms with E-state index in [1.54, 1.807) is 0 Å². The number of carboxylic acid groups (broad SMARTS) is 1. The molecule has 2 aromatic rings. The molecule has 0 amide bonds. The van der Waals surface area contributed by atoms with E-state index in [1.165, 1.54) is 0 Å². The van der Waals surface area contributed by atoms with Crippen molar-refractivity contribution in [2.24, 2.45) is 0 Å². The molecule has 0 atom stereocenters. The molecule has 0 unspecified atom stereocenters. The Morgan fingerprint density at radius 2 is 2.12 bits per heavy atom. The van der Waals surface area contributed by atoms with Crippen LogP contribution in [0.15, 0.2) is 6.20 Å². The van der Waals surface area contributed by atoms with E-state index in [2.05, 4.69) is 15.1 Å². The zero-order chi connectivity index (χ0) is 12.8. The van der Waals surface area contributed by atoms with Crippen LogP contribution in [0.5, 0.6) is 0 Å². The maximum atomic E-state index is 12.3. The van der Waals surface area contributed by atoms with Crippen molar-refractivity contribution < 1.29 is 23.1 Å². The molecule has 3 N–H and O–H groups in total. The summed E-state index contributed by atoms with van der Waals surface area (Å²) in [5.41, 5.74) is 4.90. The van der Waals surface area contributed by atoms with Crippen molar-refractivity contribution in [2.75, 3.05) is 5.73 Å². The van der Waals surface area contributed by atoms with Gasteiger partial charge in [-0.15, -0.1) is 5.10 Å². The standard InChI is InChI=1S/C7H4F3N5O2/c8-7(9,10)5-13-6-12-1-2(4(16)17)3(11)15(6)14-5/h1H,11H2,(H,16,17). The highest BCUT2D eigenvalue weighted by atomic mass is 19.4. The van der Waals surface area contributed by atoms with Crippen molar-refractivity contribution in [1.29, 1.82) is 0 Å². The highest BCUT2D eigenvalue weighted by Gasteiger charge is 2.37. The summed E-state index contributed by atoms with van der Waals surface area (Å²) in [5.74, 6) is -3.73. The molecular formula is C7H4F3N5O2. The Labute approximate surface area is 90.7 Å². The molecule has 0 spiro atoms. The van der Waals surface area contributed by atoms with Crippen LogP contribution in [0.4, 0.5) is 19.0 Å². The Morgan fingerprint density at radius 3 is 2.65 bits per heavy atom. The molecule has 0 aliphatic heterocycles. The zero-order valence-corrected chi connectivity index (χ0v) is 7.93. The molecule has 10 heteroatoms. The van der Waals surface area contributed by atoms with E-state index in [0.717, 1.165) is 6.20 Å². The van der Waals surface area contributed by atoms with Gasteiger partial charge < -0.3 is 10.8 Å². The van der Waals surface area contributed by atoms with Gasteiger partial charge in [0.15, 0.2) is 0 Å². The Balaban J connectivity index is 2.70. The minimum Gasteiger partial charge on any atom is -0.477 e. The maximum Gasteiger partial charge on any atom is 0.453 e. The van der Waals surface area contributed by atoms with Crippen molar-refractivity contribution in [3.63, 3.8) is 0 Å². The van der Waals surface area contributed by atoms with Gasteiger partial charge in [-0.3, -0.25) is 0 Å². The topological polar surface area (TPSA) is 106 Å². The normalized spacial score (nSPS) is 11.9. The highest BCUT2D eigenvalue weighted by molar-refractivity contribution is 5.92. The van der Waals surface area contributed by atoms with Gasteiger partial charge in [-0.25, -0.2) is 9.78 Å². The quantitative estimate of drug-likeness (QED) is 0.756. The molecule has 2 heterocycles. The molecule has 0 saturated carbocycles. The smallest absolute Gasteiger partial charge is 0.453 e. The molecule has 17 heavy (non-hydrogen) atoms. The number of alkyl halides is 3. The predicted octanol–water partition coefficient (Wildman–Crippen LogP) is 0.424. The third-order valence-corrected chi connectivity index (χ3v) is 1.89. The van der Waals surface area contributed by atoms with E-state index in [4.69, 9.17) is 10.8 Å². The number of nitrogen functional groups attached to an aromatic ring is 1. The largest absolute Gasteiger partial charge is 0.477 e. The van der Waals surface area contributed by atoms with Crippen LogP contribution in [0.25, 0.3) is 5.78 Å². The van der Waals surface area contributed by atoms with Crippen LogP contribution in [0.3, 0.4) is 0 Å². The first-order chi connectivity index (χ1) is 7.80. The number of carboxylic acids is 1. The lowest BCUT2D eigenvalue weighted by atomic mass is 10.3. The second-order valence-corrected chi connectivity index (χ2v) is 3.01. The number of aromatic nitrogens is 4. The van der Waals surface area contributed by atoms with Crippen LogP contribution >= 0.6 is 0 Å². The number of nitrogens with zero attached hydrogens (tertiary/aromatic N) is 4. The lowest BCUT2D eigenvalue weighted by molar-refractivity contribution is -0.144. The van der Waals surface area contributed by atoms with Crippen LogP contribution in [-0.4, -0.2) is 30.7 Å². The zero-order valence-electron chi connectivity index (χ0n) is 7.93. The van der Waals surface area contributed by atoms with Gasteiger partial charge in [-0.05, 0) is 0 Å². The van der Waals surface area contributed by atoms with Crippen LogP contribution < -0.4 is 5.73 Å². The van der Waals surface area contributed by atoms with Gasteiger partial charge >= 0.3 is 12.1 Å². The fraction of sp³-hybridized carbons (Fsp3) is 0.143. The number of anilines is 1. The van der Waals surface area contributed by atoms with Gasteiger partial charge in [-0.2, -0.15) is 22.7 Å². The number of hydrogen-bond donors (Lipinski definition) is 2. The SMILES string of the molecule is Nc1c(C(=O)O)cnc2nc(C(F)(F)F)nn12. The minimum atomic E-state index is -4.75. The first-order valence-corrected chi connectivity index (χ1v) is 4.12. The number of fused-ring (bicyclic) bond motifs is 1. The summed E-state index contributed by atoms with van der Waals surface area (Å²) >= 11 is 0. The first kappa shape index (κ1) is 11.1. The first-order valence-electron chi connectivity index (χ1n) is 4.12. The summed E-state index contributed by atoms with van der Waals surface area (Å²) in [6.45, 7) is 0. The third kappa shape index (κ3) is 1.73. The van der Waals surface area contributed by atoms with Gasteiger partial charge in [0, 0.05) is 6.20 Å². The molecule has 0 saturated heterocycles. The predicted molar refractivity (Wildman–Crippen MR) is 47.2 cm³/mol. The maximum absolute atomic E-state index is 12.3. The summed E-state index contributed by atoms with van der Waals surface area (Å²) in [6.07, 6.45) is -3.93. The van der Waals surface area contributed by atoms with Crippen LogP contribution in [0.1, 0.15) is 16.2 Å². The van der Waals surface area contributed by atoms with Gasteiger partial charge in [-0.1, -0.05) is 0 Å². The number of aromatic carboxylic acids is 1. The molecule has 0 bridgehead atoms. The minimum absolute atomic E-state index is 0.417. The van der Waals surface area contributed by atoms with Crippen molar-refractivity contribution in [2.45, 2.75) is 6.18 Å². The van der Waals surface area contributed by atoms with Crippen molar-refractivity contribution in [1.82, 2.24) is 19.6 Å². The average molecular weight is 247 g/mol. The Hall–Kier alpha value is -2.39. The molecule has 0 fully saturated rings. The average Bonchev–Trinajstić information content (AvgIpc) is 2.61. The van der Waals surface area contributed by atoms with E-state index in [9.17, 15) is 18.0 Å². The fourth-order valence-electron chi connectivity index (χ4n) is 1.14. The molecule has 90 valence electrons. The summed E-state index contributed by atoms with van der Waals surface area (Å²) in [6, 6.07) is 0. The van der Waals surface area contributed by atoms with E-state index in [-0.39, 0.29) is 0 Å². The molecular weight excluding hydrogens is 243 g/mol. The van der Waals surface area contributed by atoms with Crippen molar-refractivity contribution >= 4 is 17.6 Å². The van der Waals surface area contributed by atoms with E-state index in [0.29, 0.717) is 4.52 Å². The monoisotopic (exact) mass is 247 g/mol. The molecule has 0 aliphatic carbocycles. The van der Waals surface area contributed by atoms with Gasteiger partial charge in [0.1, 0.15) is 11.4 Å². The third-order valence-electron chi connectivity index (χ3n) is 1.89. The lowest BCUT2D eigenvalue weighted by Crippen LogP contribution is -2.10.